The molecule has 0 aromatic rings. The molecular formula is C13H22N2O4. The van der Waals surface area contributed by atoms with Crippen LogP contribution in [0.25, 0.3) is 0 Å². The van der Waals surface area contributed by atoms with Gasteiger partial charge >= 0.3 is 12.0 Å². The largest absolute Gasteiger partial charge is 0.480 e. The Morgan fingerprint density at radius 2 is 1.58 bits per heavy atom. The number of carbonyl (C=O) groups excluding carboxylic acids is 1. The molecule has 6 heteroatoms. The van der Waals surface area contributed by atoms with E-state index in [-0.39, 0.29) is 31.3 Å². The van der Waals surface area contributed by atoms with Gasteiger partial charge in [0.05, 0.1) is 6.61 Å². The predicted octanol–water partition coefficient (Wildman–Crippen LogP) is 0.892. The number of aliphatic hydroxyl groups is 1. The highest BCUT2D eigenvalue weighted by molar-refractivity contribution is 5.81. The van der Waals surface area contributed by atoms with Crippen LogP contribution in [0.15, 0.2) is 0 Å². The molecule has 0 aromatic heterocycles. The molecule has 6 nitrogen and oxygen atoms in total. The van der Waals surface area contributed by atoms with E-state index in [1.165, 1.54) is 4.90 Å². The van der Waals surface area contributed by atoms with Crippen LogP contribution in [0, 0.1) is 0 Å². The minimum Gasteiger partial charge on any atom is -0.480 e. The second-order valence-electron chi connectivity index (χ2n) is 5.39. The number of rotatable bonds is 6. The summed E-state index contributed by atoms with van der Waals surface area (Å²) in [6.45, 7) is -0.0156. The first kappa shape index (κ1) is 14.1. The van der Waals surface area contributed by atoms with Gasteiger partial charge in [-0.3, -0.25) is 4.79 Å². The lowest BCUT2D eigenvalue weighted by Crippen LogP contribution is -2.51. The molecule has 0 saturated heterocycles. The zero-order valence-electron chi connectivity index (χ0n) is 11.1. The Balaban J connectivity index is 2.06. The fourth-order valence-corrected chi connectivity index (χ4v) is 2.81. The molecule has 2 N–H and O–H groups in total. The first-order valence-corrected chi connectivity index (χ1v) is 7.03. The Hall–Kier alpha value is -1.30. The zero-order chi connectivity index (χ0) is 13.8. The molecule has 2 aliphatic rings. The van der Waals surface area contributed by atoms with E-state index in [0.29, 0.717) is 6.54 Å². The second-order valence-corrected chi connectivity index (χ2v) is 5.39. The first-order chi connectivity index (χ1) is 9.13. The van der Waals surface area contributed by atoms with E-state index < -0.39 is 5.97 Å². The number of carboxylic acid groups (broad SMARTS) is 1. The quantitative estimate of drug-likeness (QED) is 0.751. The maximum atomic E-state index is 12.5. The number of nitrogens with zero attached hydrogens (tertiary/aromatic N) is 2. The van der Waals surface area contributed by atoms with Crippen molar-refractivity contribution in [2.75, 3.05) is 19.7 Å². The molecule has 0 spiro atoms. The van der Waals surface area contributed by atoms with E-state index in [9.17, 15) is 9.59 Å². The normalized spacial score (nSPS) is 19.4. The number of amides is 2. The summed E-state index contributed by atoms with van der Waals surface area (Å²) in [5.41, 5.74) is 0. The van der Waals surface area contributed by atoms with Crippen LogP contribution in [-0.4, -0.2) is 63.8 Å². The number of aliphatic carboxylic acids is 1. The summed E-state index contributed by atoms with van der Waals surface area (Å²) in [6.07, 6.45) is 5.79. The summed E-state index contributed by atoms with van der Waals surface area (Å²) in [4.78, 5) is 26.6. The van der Waals surface area contributed by atoms with Gasteiger partial charge in [0.15, 0.2) is 0 Å². The van der Waals surface area contributed by atoms with Gasteiger partial charge in [0.25, 0.3) is 0 Å². The fraction of sp³-hybridized carbons (Fsp3) is 0.846. The average molecular weight is 270 g/mol. The van der Waals surface area contributed by atoms with Crippen LogP contribution in [0.4, 0.5) is 4.79 Å². The predicted molar refractivity (Wildman–Crippen MR) is 68.8 cm³/mol. The van der Waals surface area contributed by atoms with Gasteiger partial charge in [-0.25, -0.2) is 4.79 Å². The molecule has 108 valence electrons. The van der Waals surface area contributed by atoms with Gasteiger partial charge in [0, 0.05) is 18.6 Å². The van der Waals surface area contributed by atoms with Gasteiger partial charge in [-0.15, -0.1) is 0 Å². The summed E-state index contributed by atoms with van der Waals surface area (Å²) < 4.78 is 0. The number of carboxylic acids is 1. The molecule has 2 amide bonds. The van der Waals surface area contributed by atoms with Crippen LogP contribution in [0.3, 0.4) is 0 Å². The molecule has 0 atom stereocenters. The van der Waals surface area contributed by atoms with E-state index in [1.807, 2.05) is 0 Å². The minimum absolute atomic E-state index is 0.0449. The Morgan fingerprint density at radius 3 is 2.05 bits per heavy atom. The zero-order valence-corrected chi connectivity index (χ0v) is 11.1. The standard InChI is InChI=1S/C13H22N2O4/c16-8-7-14(11-5-6-11)13(19)15(9-12(17)18)10-3-1-2-4-10/h10-11,16H,1-9H2,(H,17,18). The Kier molecular flexibility index (Phi) is 4.63. The lowest BCUT2D eigenvalue weighted by atomic mass is 10.2. The van der Waals surface area contributed by atoms with E-state index in [2.05, 4.69) is 0 Å². The van der Waals surface area contributed by atoms with Crippen LogP contribution < -0.4 is 0 Å². The smallest absolute Gasteiger partial charge is 0.323 e. The van der Waals surface area contributed by atoms with E-state index in [0.717, 1.165) is 38.5 Å². The van der Waals surface area contributed by atoms with Crippen molar-refractivity contribution < 1.29 is 19.8 Å². The van der Waals surface area contributed by atoms with Crippen molar-refractivity contribution in [3.63, 3.8) is 0 Å². The monoisotopic (exact) mass is 270 g/mol. The van der Waals surface area contributed by atoms with Crippen molar-refractivity contribution in [1.29, 1.82) is 0 Å². The van der Waals surface area contributed by atoms with Gasteiger partial charge in [0.1, 0.15) is 6.54 Å². The van der Waals surface area contributed by atoms with Crippen molar-refractivity contribution in [3.05, 3.63) is 0 Å². The summed E-state index contributed by atoms with van der Waals surface area (Å²) >= 11 is 0. The molecule has 0 heterocycles. The highest BCUT2D eigenvalue weighted by atomic mass is 16.4. The van der Waals surface area contributed by atoms with Crippen LogP contribution in [0.5, 0.6) is 0 Å². The molecule has 0 radical (unpaired) electrons. The highest BCUT2D eigenvalue weighted by Gasteiger charge is 2.37. The molecule has 0 unspecified atom stereocenters. The summed E-state index contributed by atoms with van der Waals surface area (Å²) in [5, 5.41) is 18.1. The van der Waals surface area contributed by atoms with Gasteiger partial charge in [-0.05, 0) is 25.7 Å². The number of carbonyl (C=O) groups is 2. The molecule has 19 heavy (non-hydrogen) atoms. The third-order valence-electron chi connectivity index (χ3n) is 3.89. The SMILES string of the molecule is O=C(O)CN(C(=O)N(CCO)C1CC1)C1CCCC1. The van der Waals surface area contributed by atoms with Crippen molar-refractivity contribution in [3.8, 4) is 0 Å². The molecular weight excluding hydrogens is 248 g/mol. The molecule has 0 aliphatic heterocycles. The van der Waals surface area contributed by atoms with Gasteiger partial charge in [0.2, 0.25) is 0 Å². The van der Waals surface area contributed by atoms with Crippen LogP contribution >= 0.6 is 0 Å². The Morgan fingerprint density at radius 1 is 1.00 bits per heavy atom. The van der Waals surface area contributed by atoms with Crippen molar-refractivity contribution >= 4 is 12.0 Å². The van der Waals surface area contributed by atoms with E-state index in [1.54, 1.807) is 4.90 Å². The lowest BCUT2D eigenvalue weighted by Gasteiger charge is -2.33. The second kappa shape index (κ2) is 6.23. The van der Waals surface area contributed by atoms with Gasteiger partial charge < -0.3 is 20.0 Å². The number of hydrogen-bond acceptors (Lipinski definition) is 3. The molecule has 0 bridgehead atoms. The van der Waals surface area contributed by atoms with Crippen LogP contribution in [-0.2, 0) is 4.79 Å². The van der Waals surface area contributed by atoms with E-state index in [4.69, 9.17) is 10.2 Å². The highest BCUT2D eigenvalue weighted by Crippen LogP contribution is 2.30. The van der Waals surface area contributed by atoms with Gasteiger partial charge in [-0.1, -0.05) is 12.8 Å². The number of aliphatic hydroxyl groups excluding tert-OH is 1. The average Bonchev–Trinajstić information content (AvgIpc) is 3.06. The Labute approximate surface area is 113 Å². The Bertz CT molecular complexity index is 338. The maximum absolute atomic E-state index is 12.5. The number of urea groups is 1. The third kappa shape index (κ3) is 3.59. The fourth-order valence-electron chi connectivity index (χ4n) is 2.81. The topological polar surface area (TPSA) is 81.1 Å². The van der Waals surface area contributed by atoms with Crippen molar-refractivity contribution in [2.45, 2.75) is 50.6 Å². The number of hydrogen-bond donors (Lipinski definition) is 2. The minimum atomic E-state index is -0.972. The van der Waals surface area contributed by atoms with E-state index >= 15 is 0 Å². The maximum Gasteiger partial charge on any atom is 0.323 e. The molecule has 2 aliphatic carbocycles. The summed E-state index contributed by atoms with van der Waals surface area (Å²) in [6, 6.07) is 0.0201. The first-order valence-electron chi connectivity index (χ1n) is 7.03. The van der Waals surface area contributed by atoms with Crippen molar-refractivity contribution in [1.82, 2.24) is 9.80 Å². The molecule has 2 fully saturated rings. The van der Waals surface area contributed by atoms with Gasteiger partial charge in [-0.2, -0.15) is 0 Å². The van der Waals surface area contributed by atoms with Crippen molar-refractivity contribution in [2.24, 2.45) is 0 Å². The van der Waals surface area contributed by atoms with Crippen LogP contribution in [0.2, 0.25) is 0 Å². The molecule has 2 saturated carbocycles. The van der Waals surface area contributed by atoms with Crippen LogP contribution in [0.1, 0.15) is 38.5 Å². The third-order valence-corrected chi connectivity index (χ3v) is 3.89. The summed E-state index contributed by atoms with van der Waals surface area (Å²) in [5.74, 6) is -0.972. The lowest BCUT2D eigenvalue weighted by molar-refractivity contribution is -0.138. The molecule has 0 aromatic carbocycles. The molecule has 2 rings (SSSR count). The summed E-state index contributed by atoms with van der Waals surface area (Å²) in [7, 11) is 0.